The van der Waals surface area contributed by atoms with E-state index in [1.165, 1.54) is 36.3 Å². The van der Waals surface area contributed by atoms with E-state index in [9.17, 15) is 18.0 Å². The average Bonchev–Trinajstić information content (AvgIpc) is 3.04. The lowest BCUT2D eigenvalue weighted by Gasteiger charge is -2.21. The van der Waals surface area contributed by atoms with Crippen LogP contribution in [0.1, 0.15) is 23.2 Å². The predicted octanol–water partition coefficient (Wildman–Crippen LogP) is 0.301. The summed E-state index contributed by atoms with van der Waals surface area (Å²) in [7, 11) is -2.20. The van der Waals surface area contributed by atoms with E-state index in [-0.39, 0.29) is 23.6 Å². The molecule has 2 N–H and O–H groups in total. The first kappa shape index (κ1) is 18.4. The lowest BCUT2D eigenvalue weighted by Crippen LogP contribution is -2.40. The van der Waals surface area contributed by atoms with Gasteiger partial charge < -0.3 is 14.7 Å². The molecule has 1 aromatic rings. The van der Waals surface area contributed by atoms with E-state index in [0.717, 1.165) is 0 Å². The Balaban J connectivity index is 2.11. The minimum Gasteiger partial charge on any atom is -0.480 e. The Kier molecular flexibility index (Phi) is 5.92. The van der Waals surface area contributed by atoms with Crippen molar-refractivity contribution in [1.29, 1.82) is 0 Å². The summed E-state index contributed by atoms with van der Waals surface area (Å²) in [6.07, 6.45) is 1.07. The number of likely N-dealkylation sites (tertiary alicyclic amines) is 1. The second-order valence-corrected chi connectivity index (χ2v) is 7.18. The van der Waals surface area contributed by atoms with E-state index in [2.05, 4.69) is 4.72 Å². The number of carboxylic acid groups (broad SMARTS) is 1. The third kappa shape index (κ3) is 4.11. The number of nitrogens with one attached hydrogen (secondary N) is 1. The molecule has 1 atom stereocenters. The molecule has 1 saturated heterocycles. The smallest absolute Gasteiger partial charge is 0.326 e. The van der Waals surface area contributed by atoms with E-state index in [1.807, 2.05) is 0 Å². The third-order valence-electron chi connectivity index (χ3n) is 3.81. The van der Waals surface area contributed by atoms with Gasteiger partial charge in [0.15, 0.2) is 0 Å². The summed E-state index contributed by atoms with van der Waals surface area (Å²) in [5, 5.41) is 9.14. The molecular formula is C15H20N2O6S. The summed E-state index contributed by atoms with van der Waals surface area (Å²) >= 11 is 0. The van der Waals surface area contributed by atoms with Crippen LogP contribution in [-0.2, 0) is 19.6 Å². The molecule has 0 saturated carbocycles. The summed E-state index contributed by atoms with van der Waals surface area (Å²) in [5.41, 5.74) is 0.263. The minimum absolute atomic E-state index is 0.0337. The number of hydrogen-bond acceptors (Lipinski definition) is 5. The zero-order valence-corrected chi connectivity index (χ0v) is 14.1. The quantitative estimate of drug-likeness (QED) is 0.680. The van der Waals surface area contributed by atoms with Crippen LogP contribution in [0.4, 0.5) is 0 Å². The summed E-state index contributed by atoms with van der Waals surface area (Å²) in [5.74, 6) is -1.43. The van der Waals surface area contributed by atoms with Crippen LogP contribution in [0.25, 0.3) is 0 Å². The first-order valence-electron chi connectivity index (χ1n) is 7.49. The van der Waals surface area contributed by atoms with Gasteiger partial charge in [-0.25, -0.2) is 17.9 Å². The fraction of sp³-hybridized carbons (Fsp3) is 0.467. The molecule has 9 heteroatoms. The molecule has 132 valence electrons. The number of carboxylic acids is 1. The second-order valence-electron chi connectivity index (χ2n) is 5.41. The molecule has 0 spiro atoms. The standard InChI is InChI=1S/C15H20N2O6S/c1-23-10-8-16-24(21,22)12-6-4-11(5-7-12)14(18)17-9-2-3-13(17)15(19)20/h4-7,13,16H,2-3,8-10H2,1H3,(H,19,20)/t13-/m0/s1. The monoisotopic (exact) mass is 356 g/mol. The van der Waals surface area contributed by atoms with Crippen molar-refractivity contribution in [2.45, 2.75) is 23.8 Å². The topological polar surface area (TPSA) is 113 Å². The number of rotatable bonds is 7. The van der Waals surface area contributed by atoms with Gasteiger partial charge in [-0.3, -0.25) is 4.79 Å². The summed E-state index contributed by atoms with van der Waals surface area (Å²) in [6.45, 7) is 0.781. The van der Waals surface area contributed by atoms with Gasteiger partial charge in [-0.1, -0.05) is 0 Å². The highest BCUT2D eigenvalue weighted by atomic mass is 32.2. The fourth-order valence-corrected chi connectivity index (χ4v) is 3.58. The zero-order chi connectivity index (χ0) is 17.7. The normalized spacial score (nSPS) is 17.9. The summed E-state index contributed by atoms with van der Waals surface area (Å²) < 4.78 is 31.3. The van der Waals surface area contributed by atoms with E-state index in [0.29, 0.717) is 19.4 Å². The number of ether oxygens (including phenoxy) is 1. The van der Waals surface area contributed by atoms with Gasteiger partial charge in [0.1, 0.15) is 6.04 Å². The van der Waals surface area contributed by atoms with Crippen LogP contribution in [0.15, 0.2) is 29.2 Å². The van der Waals surface area contributed by atoms with Crippen molar-refractivity contribution in [1.82, 2.24) is 9.62 Å². The highest BCUT2D eigenvalue weighted by molar-refractivity contribution is 7.89. The van der Waals surface area contributed by atoms with Crippen LogP contribution in [0.5, 0.6) is 0 Å². The third-order valence-corrected chi connectivity index (χ3v) is 5.29. The molecule has 1 heterocycles. The Labute approximate surface area is 140 Å². The molecule has 0 aliphatic carbocycles. The van der Waals surface area contributed by atoms with Crippen molar-refractivity contribution in [3.05, 3.63) is 29.8 Å². The number of carbonyl (C=O) groups is 2. The zero-order valence-electron chi connectivity index (χ0n) is 13.3. The Morgan fingerprint density at radius 1 is 1.33 bits per heavy atom. The molecule has 24 heavy (non-hydrogen) atoms. The number of carbonyl (C=O) groups excluding carboxylic acids is 1. The first-order chi connectivity index (χ1) is 11.4. The average molecular weight is 356 g/mol. The Bertz CT molecular complexity index is 701. The van der Waals surface area contributed by atoms with Gasteiger partial charge in [-0.2, -0.15) is 0 Å². The highest BCUT2D eigenvalue weighted by Gasteiger charge is 2.34. The number of methoxy groups -OCH3 is 1. The Morgan fingerprint density at radius 3 is 2.58 bits per heavy atom. The van der Waals surface area contributed by atoms with Gasteiger partial charge in [0.05, 0.1) is 11.5 Å². The summed E-state index contributed by atoms with van der Waals surface area (Å²) in [4.78, 5) is 24.9. The van der Waals surface area contributed by atoms with Crippen LogP contribution in [0, 0.1) is 0 Å². The van der Waals surface area contributed by atoms with Gasteiger partial charge in [-0.15, -0.1) is 0 Å². The maximum atomic E-state index is 12.4. The molecule has 1 aromatic carbocycles. The molecule has 0 aromatic heterocycles. The Morgan fingerprint density at radius 2 is 2.00 bits per heavy atom. The molecule has 1 aliphatic heterocycles. The van der Waals surface area contributed by atoms with E-state index < -0.39 is 27.9 Å². The van der Waals surface area contributed by atoms with Crippen LogP contribution in [-0.4, -0.2) is 63.1 Å². The van der Waals surface area contributed by atoms with Crippen LogP contribution in [0.3, 0.4) is 0 Å². The first-order valence-corrected chi connectivity index (χ1v) is 8.97. The number of amides is 1. The molecule has 0 unspecified atom stereocenters. The van der Waals surface area contributed by atoms with Gasteiger partial charge in [0.25, 0.3) is 5.91 Å². The van der Waals surface area contributed by atoms with Gasteiger partial charge in [-0.05, 0) is 37.1 Å². The van der Waals surface area contributed by atoms with Gasteiger partial charge in [0.2, 0.25) is 10.0 Å². The van der Waals surface area contributed by atoms with Crippen molar-refractivity contribution in [2.24, 2.45) is 0 Å². The lowest BCUT2D eigenvalue weighted by atomic mass is 10.1. The van der Waals surface area contributed by atoms with E-state index in [1.54, 1.807) is 0 Å². The van der Waals surface area contributed by atoms with Gasteiger partial charge in [0, 0.05) is 25.8 Å². The maximum Gasteiger partial charge on any atom is 0.326 e. The number of hydrogen-bond donors (Lipinski definition) is 2. The number of sulfonamides is 1. The number of benzene rings is 1. The summed E-state index contributed by atoms with van der Waals surface area (Å²) in [6, 6.07) is 4.62. The molecule has 1 amide bonds. The molecule has 0 bridgehead atoms. The fourth-order valence-electron chi connectivity index (χ4n) is 2.57. The van der Waals surface area contributed by atoms with E-state index >= 15 is 0 Å². The molecule has 2 rings (SSSR count). The van der Waals surface area contributed by atoms with E-state index in [4.69, 9.17) is 9.84 Å². The molecule has 1 fully saturated rings. The SMILES string of the molecule is COCCNS(=O)(=O)c1ccc(C(=O)N2CCC[C@H]2C(=O)O)cc1. The van der Waals surface area contributed by atoms with Crippen molar-refractivity contribution >= 4 is 21.9 Å². The lowest BCUT2D eigenvalue weighted by molar-refractivity contribution is -0.141. The van der Waals surface area contributed by atoms with Crippen molar-refractivity contribution < 1.29 is 27.9 Å². The predicted molar refractivity (Wildman–Crippen MR) is 85.2 cm³/mol. The molecule has 1 aliphatic rings. The molecule has 8 nitrogen and oxygen atoms in total. The van der Waals surface area contributed by atoms with Crippen LogP contribution < -0.4 is 4.72 Å². The number of aliphatic carboxylic acids is 1. The van der Waals surface area contributed by atoms with Crippen molar-refractivity contribution in [2.75, 3.05) is 26.8 Å². The molecule has 0 radical (unpaired) electrons. The van der Waals surface area contributed by atoms with Gasteiger partial charge >= 0.3 is 5.97 Å². The highest BCUT2D eigenvalue weighted by Crippen LogP contribution is 2.21. The van der Waals surface area contributed by atoms with Crippen molar-refractivity contribution in [3.63, 3.8) is 0 Å². The second kappa shape index (κ2) is 7.73. The molecular weight excluding hydrogens is 336 g/mol. The van der Waals surface area contributed by atoms with Crippen LogP contribution in [0.2, 0.25) is 0 Å². The van der Waals surface area contributed by atoms with Crippen LogP contribution >= 0.6 is 0 Å². The van der Waals surface area contributed by atoms with Crippen molar-refractivity contribution in [3.8, 4) is 0 Å². The largest absolute Gasteiger partial charge is 0.480 e. The minimum atomic E-state index is -3.67. The number of nitrogens with zero attached hydrogens (tertiary/aromatic N) is 1. The Hall–Kier alpha value is -1.97. The maximum absolute atomic E-state index is 12.4.